The fourth-order valence-corrected chi connectivity index (χ4v) is 1.24. The summed E-state index contributed by atoms with van der Waals surface area (Å²) < 4.78 is 15.3. The molecule has 1 aromatic carbocycles. The molecular weight excluding hydrogens is 222 g/mol. The van der Waals surface area contributed by atoms with Gasteiger partial charge in [-0.05, 0) is 31.2 Å². The van der Waals surface area contributed by atoms with E-state index < -0.39 is 11.9 Å². The molecule has 0 fully saturated rings. The Morgan fingerprint density at radius 3 is 2.41 bits per heavy atom. The average Bonchev–Trinajstić information content (AvgIpc) is 2.30. The van der Waals surface area contributed by atoms with Gasteiger partial charge in [0, 0.05) is 19.7 Å². The lowest BCUT2D eigenvalue weighted by Crippen LogP contribution is -2.37. The molecule has 0 aromatic heterocycles. The topological polar surface area (TPSA) is 70.8 Å². The number of ether oxygens (including phenoxy) is 3. The number of carbonyl (C=O) groups excluding carboxylic acids is 1. The minimum absolute atomic E-state index is 0.374. The van der Waals surface area contributed by atoms with Gasteiger partial charge < -0.3 is 19.9 Å². The molecule has 94 valence electrons. The van der Waals surface area contributed by atoms with E-state index in [0.29, 0.717) is 17.9 Å². The fraction of sp³-hybridized carbons (Fsp3) is 0.417. The first-order valence-electron chi connectivity index (χ1n) is 5.28. The van der Waals surface area contributed by atoms with Crippen molar-refractivity contribution >= 4 is 11.7 Å². The van der Waals surface area contributed by atoms with Gasteiger partial charge in [-0.3, -0.25) is 0 Å². The van der Waals surface area contributed by atoms with Gasteiger partial charge in [-0.1, -0.05) is 0 Å². The average molecular weight is 239 g/mol. The third-order valence-electron chi connectivity index (χ3n) is 2.20. The van der Waals surface area contributed by atoms with E-state index in [1.165, 1.54) is 14.0 Å². The van der Waals surface area contributed by atoms with Crippen LogP contribution >= 0.6 is 0 Å². The number of rotatable bonds is 5. The Balaban J connectivity index is 2.74. The van der Waals surface area contributed by atoms with E-state index >= 15 is 0 Å². The Hall–Kier alpha value is -1.59. The Morgan fingerprint density at radius 2 is 1.94 bits per heavy atom. The van der Waals surface area contributed by atoms with E-state index in [-0.39, 0.29) is 0 Å². The molecule has 0 amide bonds. The molecule has 0 heterocycles. The van der Waals surface area contributed by atoms with E-state index in [4.69, 9.17) is 19.9 Å². The highest BCUT2D eigenvalue weighted by Gasteiger charge is 2.29. The van der Waals surface area contributed by atoms with Gasteiger partial charge in [-0.25, -0.2) is 4.79 Å². The van der Waals surface area contributed by atoms with Gasteiger partial charge in [0.1, 0.15) is 0 Å². The number of hydrogen-bond acceptors (Lipinski definition) is 5. The van der Waals surface area contributed by atoms with Crippen LogP contribution in [0.3, 0.4) is 0 Å². The smallest absolute Gasteiger partial charge is 0.342 e. The SMILES string of the molecule is CCOC(C)(OC)OC(=O)c1ccc(N)cc1. The molecule has 0 saturated heterocycles. The van der Waals surface area contributed by atoms with Crippen LogP contribution in [-0.4, -0.2) is 25.7 Å². The number of nitrogen functional groups attached to an aromatic ring is 1. The number of nitrogens with two attached hydrogens (primary N) is 1. The second-order valence-corrected chi connectivity index (χ2v) is 3.51. The van der Waals surface area contributed by atoms with E-state index in [1.54, 1.807) is 31.2 Å². The lowest BCUT2D eigenvalue weighted by molar-refractivity contribution is -0.332. The minimum atomic E-state index is -1.37. The van der Waals surface area contributed by atoms with Crippen LogP contribution < -0.4 is 5.73 Å². The summed E-state index contributed by atoms with van der Waals surface area (Å²) in [5.74, 6) is -1.89. The molecule has 5 heteroatoms. The number of anilines is 1. The predicted molar refractivity (Wildman–Crippen MR) is 63.3 cm³/mol. The first-order valence-corrected chi connectivity index (χ1v) is 5.28. The van der Waals surface area contributed by atoms with Crippen molar-refractivity contribution < 1.29 is 19.0 Å². The molecule has 1 aromatic rings. The molecule has 0 aliphatic rings. The van der Waals surface area contributed by atoms with Crippen LogP contribution in [0.15, 0.2) is 24.3 Å². The van der Waals surface area contributed by atoms with Crippen molar-refractivity contribution in [2.75, 3.05) is 19.5 Å². The summed E-state index contributed by atoms with van der Waals surface area (Å²) >= 11 is 0. The summed E-state index contributed by atoms with van der Waals surface area (Å²) in [6, 6.07) is 6.42. The third kappa shape index (κ3) is 3.72. The summed E-state index contributed by atoms with van der Waals surface area (Å²) in [4.78, 5) is 11.8. The Labute approximate surface area is 100 Å². The maximum absolute atomic E-state index is 11.8. The van der Waals surface area contributed by atoms with Crippen molar-refractivity contribution in [2.45, 2.75) is 19.8 Å². The molecule has 0 spiro atoms. The van der Waals surface area contributed by atoms with Crippen LogP contribution in [0.25, 0.3) is 0 Å². The molecule has 1 unspecified atom stereocenters. The van der Waals surface area contributed by atoms with E-state index in [2.05, 4.69) is 0 Å². The quantitative estimate of drug-likeness (QED) is 0.482. The highest BCUT2D eigenvalue weighted by molar-refractivity contribution is 5.89. The van der Waals surface area contributed by atoms with Crippen molar-refractivity contribution in [3.63, 3.8) is 0 Å². The molecule has 0 radical (unpaired) electrons. The van der Waals surface area contributed by atoms with Gasteiger partial charge in [0.05, 0.1) is 12.2 Å². The summed E-state index contributed by atoms with van der Waals surface area (Å²) in [6.45, 7) is 3.69. The van der Waals surface area contributed by atoms with Crippen LogP contribution in [0.5, 0.6) is 0 Å². The van der Waals surface area contributed by atoms with Gasteiger partial charge in [-0.2, -0.15) is 0 Å². The third-order valence-corrected chi connectivity index (χ3v) is 2.20. The first-order chi connectivity index (χ1) is 8.00. The molecular formula is C12H17NO4. The first kappa shape index (κ1) is 13.5. The minimum Gasteiger partial charge on any atom is -0.404 e. The van der Waals surface area contributed by atoms with Crippen LogP contribution in [0, 0.1) is 0 Å². The molecule has 0 aliphatic heterocycles. The summed E-state index contributed by atoms with van der Waals surface area (Å²) in [5, 5.41) is 0. The largest absolute Gasteiger partial charge is 0.404 e. The monoisotopic (exact) mass is 239 g/mol. The van der Waals surface area contributed by atoms with Gasteiger partial charge in [0.2, 0.25) is 0 Å². The highest BCUT2D eigenvalue weighted by atomic mass is 16.9. The predicted octanol–water partition coefficient (Wildman–Crippen LogP) is 1.78. The van der Waals surface area contributed by atoms with Crippen LogP contribution in [0.4, 0.5) is 5.69 Å². The molecule has 0 bridgehead atoms. The number of hydrogen-bond donors (Lipinski definition) is 1. The fourth-order valence-electron chi connectivity index (χ4n) is 1.24. The van der Waals surface area contributed by atoms with E-state index in [1.807, 2.05) is 0 Å². The molecule has 0 saturated carbocycles. The van der Waals surface area contributed by atoms with Crippen LogP contribution in [0.1, 0.15) is 24.2 Å². The lowest BCUT2D eigenvalue weighted by atomic mass is 10.2. The van der Waals surface area contributed by atoms with Crippen molar-refractivity contribution in [3.05, 3.63) is 29.8 Å². The Morgan fingerprint density at radius 1 is 1.35 bits per heavy atom. The summed E-state index contributed by atoms with van der Waals surface area (Å²) in [5.41, 5.74) is 6.50. The Kier molecular flexibility index (Phi) is 4.48. The molecule has 2 N–H and O–H groups in total. The maximum atomic E-state index is 11.8. The zero-order chi connectivity index (χ0) is 12.9. The maximum Gasteiger partial charge on any atom is 0.342 e. The zero-order valence-electron chi connectivity index (χ0n) is 10.2. The standard InChI is InChI=1S/C12H17NO4/c1-4-16-12(2,15-3)17-11(14)9-5-7-10(13)8-6-9/h5-8H,4,13H2,1-3H3. The highest BCUT2D eigenvalue weighted by Crippen LogP contribution is 2.16. The second kappa shape index (κ2) is 5.65. The van der Waals surface area contributed by atoms with Crippen LogP contribution in [0.2, 0.25) is 0 Å². The normalized spacial score (nSPS) is 14.1. The van der Waals surface area contributed by atoms with E-state index in [0.717, 1.165) is 0 Å². The van der Waals surface area contributed by atoms with Crippen molar-refractivity contribution in [1.82, 2.24) is 0 Å². The van der Waals surface area contributed by atoms with E-state index in [9.17, 15) is 4.79 Å². The van der Waals surface area contributed by atoms with Crippen molar-refractivity contribution in [1.29, 1.82) is 0 Å². The number of methoxy groups -OCH3 is 1. The second-order valence-electron chi connectivity index (χ2n) is 3.51. The van der Waals surface area contributed by atoms with Gasteiger partial charge in [0.25, 0.3) is 0 Å². The zero-order valence-corrected chi connectivity index (χ0v) is 10.2. The van der Waals surface area contributed by atoms with Gasteiger partial charge >= 0.3 is 11.9 Å². The van der Waals surface area contributed by atoms with Crippen molar-refractivity contribution in [3.8, 4) is 0 Å². The molecule has 0 aliphatic carbocycles. The molecule has 1 atom stereocenters. The number of esters is 1. The summed E-state index contributed by atoms with van der Waals surface area (Å²) in [7, 11) is 1.41. The molecule has 5 nitrogen and oxygen atoms in total. The number of benzene rings is 1. The Bertz CT molecular complexity index is 377. The van der Waals surface area contributed by atoms with Crippen LogP contribution in [-0.2, 0) is 14.2 Å². The molecule has 17 heavy (non-hydrogen) atoms. The summed E-state index contributed by atoms with van der Waals surface area (Å²) in [6.07, 6.45) is 0. The number of carbonyl (C=O) groups is 1. The lowest BCUT2D eigenvalue weighted by Gasteiger charge is -2.26. The van der Waals surface area contributed by atoms with Gasteiger partial charge in [-0.15, -0.1) is 0 Å². The van der Waals surface area contributed by atoms with Gasteiger partial charge in [0.15, 0.2) is 0 Å². The molecule has 1 rings (SSSR count). The van der Waals surface area contributed by atoms with Crippen molar-refractivity contribution in [2.24, 2.45) is 0 Å².